The number of aromatic carboxylic acids is 1. The van der Waals surface area contributed by atoms with Crippen LogP contribution in [0.5, 0.6) is 0 Å². The number of aromatic nitrogens is 1. The zero-order chi connectivity index (χ0) is 14.7. The Morgan fingerprint density at radius 3 is 2.75 bits per heavy atom. The lowest BCUT2D eigenvalue weighted by Crippen LogP contribution is -2.01. The molecule has 0 saturated heterocycles. The van der Waals surface area contributed by atoms with Crippen molar-refractivity contribution in [1.82, 2.24) is 4.98 Å². The van der Waals surface area contributed by atoms with Crippen LogP contribution in [0.3, 0.4) is 0 Å². The second-order valence-corrected chi connectivity index (χ2v) is 3.94. The van der Waals surface area contributed by atoms with Crippen LogP contribution in [0.15, 0.2) is 28.7 Å². The molecule has 0 atom stereocenters. The largest absolute Gasteiger partial charge is 0.475 e. The summed E-state index contributed by atoms with van der Waals surface area (Å²) in [6, 6.07) is 6.53. The third-order valence-electron chi connectivity index (χ3n) is 2.53. The van der Waals surface area contributed by atoms with Crippen molar-refractivity contribution >= 4 is 23.6 Å². The maximum atomic E-state index is 11.4. The molecular weight excluding hydrogens is 264 g/mol. The summed E-state index contributed by atoms with van der Waals surface area (Å²) in [5.41, 5.74) is 1.16. The van der Waals surface area contributed by atoms with E-state index in [1.807, 2.05) is 0 Å². The number of carboxylic acid groups (broad SMARTS) is 1. The second kappa shape index (κ2) is 5.43. The monoisotopic (exact) mass is 276 g/mol. The van der Waals surface area contributed by atoms with Crippen LogP contribution in [0.2, 0.25) is 0 Å². The van der Waals surface area contributed by atoms with Crippen molar-refractivity contribution < 1.29 is 23.8 Å². The van der Waals surface area contributed by atoms with Crippen LogP contribution in [0.1, 0.15) is 26.6 Å². The number of rotatable bonds is 4. The number of hydrogen-bond acceptors (Lipinski definition) is 6. The van der Waals surface area contributed by atoms with Gasteiger partial charge >= 0.3 is 11.9 Å². The molecule has 1 heterocycles. The van der Waals surface area contributed by atoms with Crippen LogP contribution >= 0.6 is 0 Å². The Bertz CT molecular complexity index is 663. The van der Waals surface area contributed by atoms with E-state index >= 15 is 0 Å². The fraction of sp³-hybridized carbons (Fsp3) is 0.154. The summed E-state index contributed by atoms with van der Waals surface area (Å²) in [5, 5.41) is 11.7. The van der Waals surface area contributed by atoms with Crippen LogP contribution in [0.4, 0.5) is 11.7 Å². The maximum Gasteiger partial charge on any atom is 0.373 e. The third kappa shape index (κ3) is 2.77. The van der Waals surface area contributed by atoms with Crippen molar-refractivity contribution in [2.75, 3.05) is 12.4 Å². The lowest BCUT2D eigenvalue weighted by atomic mass is 10.2. The number of ether oxygens (including phenoxy) is 1. The van der Waals surface area contributed by atoms with Crippen molar-refractivity contribution in [2.24, 2.45) is 0 Å². The first-order chi connectivity index (χ1) is 9.51. The highest BCUT2D eigenvalue weighted by Crippen LogP contribution is 2.20. The number of carboxylic acids is 1. The number of carbonyl (C=O) groups is 2. The SMILES string of the molecule is COC(=O)c1cccc(Nc2nc(C)c(C(=O)O)o2)c1. The number of esters is 1. The van der Waals surface area contributed by atoms with Gasteiger partial charge in [-0.1, -0.05) is 6.07 Å². The van der Waals surface area contributed by atoms with Crippen molar-refractivity contribution in [3.05, 3.63) is 41.3 Å². The molecule has 0 unspecified atom stereocenters. The van der Waals surface area contributed by atoms with E-state index in [0.29, 0.717) is 11.3 Å². The first-order valence-electron chi connectivity index (χ1n) is 5.67. The van der Waals surface area contributed by atoms with E-state index in [4.69, 9.17) is 9.52 Å². The molecule has 0 fully saturated rings. The molecule has 7 nitrogen and oxygen atoms in total. The Balaban J connectivity index is 2.24. The number of nitrogens with zero attached hydrogens (tertiary/aromatic N) is 1. The second-order valence-electron chi connectivity index (χ2n) is 3.94. The summed E-state index contributed by atoms with van der Waals surface area (Å²) < 4.78 is 9.68. The molecule has 2 rings (SSSR count). The molecule has 0 bridgehead atoms. The van der Waals surface area contributed by atoms with Gasteiger partial charge in [0.25, 0.3) is 6.01 Å². The fourth-order valence-electron chi connectivity index (χ4n) is 1.61. The Hall–Kier alpha value is -2.83. The molecule has 1 aromatic heterocycles. The summed E-state index contributed by atoms with van der Waals surface area (Å²) in [4.78, 5) is 26.2. The quantitative estimate of drug-likeness (QED) is 0.825. The number of oxazole rings is 1. The summed E-state index contributed by atoms with van der Waals surface area (Å²) in [6.07, 6.45) is 0. The van der Waals surface area contributed by atoms with Gasteiger partial charge in [-0.3, -0.25) is 0 Å². The van der Waals surface area contributed by atoms with Crippen molar-refractivity contribution in [2.45, 2.75) is 6.92 Å². The van der Waals surface area contributed by atoms with Crippen LogP contribution in [-0.4, -0.2) is 29.1 Å². The number of nitrogens with one attached hydrogen (secondary N) is 1. The molecule has 0 saturated carbocycles. The van der Waals surface area contributed by atoms with Gasteiger partial charge in [0.05, 0.1) is 18.4 Å². The smallest absolute Gasteiger partial charge is 0.373 e. The zero-order valence-electron chi connectivity index (χ0n) is 10.8. The number of hydrogen-bond donors (Lipinski definition) is 2. The first kappa shape index (κ1) is 13.6. The standard InChI is InChI=1S/C13H12N2O5/c1-7-10(11(16)17)20-13(14-7)15-9-5-3-4-8(6-9)12(18)19-2/h3-6H,1-2H3,(H,14,15)(H,16,17). The van der Waals surface area contributed by atoms with E-state index in [0.717, 1.165) is 0 Å². The summed E-state index contributed by atoms with van der Waals surface area (Å²) in [6.45, 7) is 1.53. The van der Waals surface area contributed by atoms with Crippen molar-refractivity contribution in [3.8, 4) is 0 Å². The molecule has 0 amide bonds. The van der Waals surface area contributed by atoms with Crippen LogP contribution in [-0.2, 0) is 4.74 Å². The predicted molar refractivity (Wildman–Crippen MR) is 69.3 cm³/mol. The van der Waals surface area contributed by atoms with Crippen molar-refractivity contribution in [3.63, 3.8) is 0 Å². The molecule has 1 aromatic carbocycles. The Kier molecular flexibility index (Phi) is 3.69. The number of anilines is 2. The van der Waals surface area contributed by atoms with Crippen LogP contribution in [0.25, 0.3) is 0 Å². The molecular formula is C13H12N2O5. The Morgan fingerprint density at radius 1 is 1.40 bits per heavy atom. The number of benzene rings is 1. The number of carbonyl (C=O) groups excluding carboxylic acids is 1. The first-order valence-corrected chi connectivity index (χ1v) is 5.67. The van der Waals surface area contributed by atoms with E-state index in [9.17, 15) is 9.59 Å². The molecule has 20 heavy (non-hydrogen) atoms. The Morgan fingerprint density at radius 2 is 2.15 bits per heavy atom. The minimum absolute atomic E-state index is 0.0434. The topological polar surface area (TPSA) is 102 Å². The molecule has 0 aliphatic carbocycles. The summed E-state index contributed by atoms with van der Waals surface area (Å²) in [5.74, 6) is -1.88. The highest BCUT2D eigenvalue weighted by molar-refractivity contribution is 5.90. The van der Waals surface area contributed by atoms with Crippen molar-refractivity contribution in [1.29, 1.82) is 0 Å². The van der Waals surface area contributed by atoms with Gasteiger partial charge in [-0.15, -0.1) is 0 Å². The number of aryl methyl sites for hydroxylation is 1. The van der Waals surface area contributed by atoms with E-state index in [2.05, 4.69) is 15.0 Å². The highest BCUT2D eigenvalue weighted by atomic mass is 16.5. The van der Waals surface area contributed by atoms with Gasteiger partial charge in [0.2, 0.25) is 5.76 Å². The predicted octanol–water partition coefficient (Wildman–Crippen LogP) is 2.21. The molecule has 2 aromatic rings. The van der Waals surface area contributed by atoms with Gasteiger partial charge in [0.1, 0.15) is 0 Å². The lowest BCUT2D eigenvalue weighted by molar-refractivity contribution is 0.0599. The van der Waals surface area contributed by atoms with Gasteiger partial charge in [-0.05, 0) is 25.1 Å². The van der Waals surface area contributed by atoms with Crippen LogP contribution in [0, 0.1) is 6.92 Å². The third-order valence-corrected chi connectivity index (χ3v) is 2.53. The normalized spacial score (nSPS) is 10.1. The lowest BCUT2D eigenvalue weighted by Gasteiger charge is -2.03. The molecule has 0 aliphatic heterocycles. The zero-order valence-corrected chi connectivity index (χ0v) is 10.8. The van der Waals surface area contributed by atoms with Gasteiger partial charge < -0.3 is 19.6 Å². The van der Waals surface area contributed by atoms with E-state index < -0.39 is 11.9 Å². The highest BCUT2D eigenvalue weighted by Gasteiger charge is 2.16. The summed E-state index contributed by atoms with van der Waals surface area (Å²) >= 11 is 0. The molecule has 0 radical (unpaired) electrons. The van der Waals surface area contributed by atoms with Gasteiger partial charge in [-0.2, -0.15) is 4.98 Å². The van der Waals surface area contributed by atoms with E-state index in [1.165, 1.54) is 14.0 Å². The van der Waals surface area contributed by atoms with E-state index in [1.54, 1.807) is 24.3 Å². The minimum atomic E-state index is -1.19. The van der Waals surface area contributed by atoms with E-state index in [-0.39, 0.29) is 17.5 Å². The molecule has 104 valence electrons. The fourth-order valence-corrected chi connectivity index (χ4v) is 1.61. The van der Waals surface area contributed by atoms with Gasteiger partial charge in [-0.25, -0.2) is 9.59 Å². The molecule has 2 N–H and O–H groups in total. The van der Waals surface area contributed by atoms with Gasteiger partial charge in [0, 0.05) is 5.69 Å². The van der Waals surface area contributed by atoms with Gasteiger partial charge in [0.15, 0.2) is 0 Å². The average molecular weight is 276 g/mol. The molecule has 0 aliphatic rings. The molecule has 0 spiro atoms. The average Bonchev–Trinajstić information content (AvgIpc) is 2.79. The van der Waals surface area contributed by atoms with Crippen LogP contribution < -0.4 is 5.32 Å². The maximum absolute atomic E-state index is 11.4. The summed E-state index contributed by atoms with van der Waals surface area (Å²) in [7, 11) is 1.29. The minimum Gasteiger partial charge on any atom is -0.475 e. The molecule has 7 heteroatoms. The Labute approximate surface area is 114 Å². The number of methoxy groups -OCH3 is 1.